The van der Waals surface area contributed by atoms with E-state index >= 15 is 0 Å². The summed E-state index contributed by atoms with van der Waals surface area (Å²) in [7, 11) is -3.67. The Bertz CT molecular complexity index is 751. The van der Waals surface area contributed by atoms with Crippen molar-refractivity contribution in [1.29, 1.82) is 0 Å². The van der Waals surface area contributed by atoms with Crippen LogP contribution in [-0.2, 0) is 10.0 Å². The molecule has 0 aliphatic rings. The van der Waals surface area contributed by atoms with Crippen molar-refractivity contribution >= 4 is 53.5 Å². The first kappa shape index (κ1) is 16.9. The Morgan fingerprint density at radius 2 is 1.86 bits per heavy atom. The Kier molecular flexibility index (Phi) is 5.43. The quantitative estimate of drug-likeness (QED) is 0.701. The number of pyridine rings is 1. The summed E-state index contributed by atoms with van der Waals surface area (Å²) in [4.78, 5) is 3.89. The minimum Gasteiger partial charge on any atom is -0.242 e. The average Bonchev–Trinajstić information content (AvgIpc) is 2.42. The molecule has 1 aromatic heterocycles. The summed E-state index contributed by atoms with van der Waals surface area (Å²) in [5, 5.41) is 0.218. The Morgan fingerprint density at radius 3 is 2.43 bits per heavy atom. The van der Waals surface area contributed by atoms with Gasteiger partial charge in [-0.3, -0.25) is 0 Å². The fourth-order valence-electron chi connectivity index (χ4n) is 1.67. The normalized spacial score (nSPS) is 13.1. The van der Waals surface area contributed by atoms with Gasteiger partial charge in [-0.1, -0.05) is 39.7 Å². The molecular formula is C13H11Br2ClN2O2S. The maximum absolute atomic E-state index is 12.3. The van der Waals surface area contributed by atoms with Crippen LogP contribution in [0.4, 0.5) is 0 Å². The van der Waals surface area contributed by atoms with E-state index in [1.807, 2.05) is 24.3 Å². The lowest BCUT2D eigenvalue weighted by Crippen LogP contribution is -2.27. The van der Waals surface area contributed by atoms with Crippen molar-refractivity contribution in [3.8, 4) is 0 Å². The van der Waals surface area contributed by atoms with E-state index in [0.717, 1.165) is 10.0 Å². The van der Waals surface area contributed by atoms with E-state index in [0.29, 0.717) is 4.47 Å². The second-order valence-corrected chi connectivity index (χ2v) is 8.18. The minimum absolute atomic E-state index is 0.0581. The van der Waals surface area contributed by atoms with Gasteiger partial charge in [0.05, 0.1) is 4.47 Å². The highest BCUT2D eigenvalue weighted by molar-refractivity contribution is 9.10. The van der Waals surface area contributed by atoms with E-state index in [1.165, 1.54) is 12.3 Å². The lowest BCUT2D eigenvalue weighted by molar-refractivity contribution is 0.566. The second kappa shape index (κ2) is 6.75. The number of nitrogens with one attached hydrogen (secondary N) is 1. The van der Waals surface area contributed by atoms with Crippen LogP contribution in [0.1, 0.15) is 18.5 Å². The predicted molar refractivity (Wildman–Crippen MR) is 89.8 cm³/mol. The molecule has 0 spiro atoms. The fourth-order valence-corrected chi connectivity index (χ4v) is 3.74. The molecule has 0 saturated carbocycles. The molecule has 1 atom stereocenters. The summed E-state index contributed by atoms with van der Waals surface area (Å²) in [5.74, 6) is 0. The Morgan fingerprint density at radius 1 is 1.24 bits per heavy atom. The van der Waals surface area contributed by atoms with Crippen LogP contribution >= 0.6 is 43.5 Å². The van der Waals surface area contributed by atoms with Gasteiger partial charge in [0.25, 0.3) is 0 Å². The maximum atomic E-state index is 12.3. The number of hydrogen-bond acceptors (Lipinski definition) is 3. The number of sulfonamides is 1. The lowest BCUT2D eigenvalue weighted by atomic mass is 10.1. The molecule has 112 valence electrons. The first-order chi connectivity index (χ1) is 9.79. The number of hydrogen-bond donors (Lipinski definition) is 1. The topological polar surface area (TPSA) is 59.1 Å². The maximum Gasteiger partial charge on any atom is 0.242 e. The van der Waals surface area contributed by atoms with Crippen LogP contribution in [0.2, 0.25) is 5.15 Å². The molecule has 4 nitrogen and oxygen atoms in total. The summed E-state index contributed by atoms with van der Waals surface area (Å²) in [5.41, 5.74) is 0.864. The number of halogens is 3. The summed E-state index contributed by atoms with van der Waals surface area (Å²) in [6.07, 6.45) is 1.23. The summed E-state index contributed by atoms with van der Waals surface area (Å²) in [6, 6.07) is 8.49. The second-order valence-electron chi connectivity index (χ2n) is 4.34. The van der Waals surface area contributed by atoms with Crippen LogP contribution in [0.5, 0.6) is 0 Å². The van der Waals surface area contributed by atoms with E-state index in [-0.39, 0.29) is 16.1 Å². The van der Waals surface area contributed by atoms with Crippen LogP contribution < -0.4 is 4.72 Å². The van der Waals surface area contributed by atoms with Gasteiger partial charge in [0.15, 0.2) is 0 Å². The van der Waals surface area contributed by atoms with E-state index in [1.54, 1.807) is 6.92 Å². The smallest absolute Gasteiger partial charge is 0.242 e. The highest BCUT2D eigenvalue weighted by Crippen LogP contribution is 2.24. The first-order valence-electron chi connectivity index (χ1n) is 5.88. The van der Waals surface area contributed by atoms with Gasteiger partial charge in [0.1, 0.15) is 10.0 Å². The number of nitrogens with zero attached hydrogens (tertiary/aromatic N) is 1. The molecule has 0 amide bonds. The van der Waals surface area contributed by atoms with E-state index < -0.39 is 10.0 Å². The molecule has 1 N–H and O–H groups in total. The predicted octanol–water partition coefficient (Wildman–Crippen LogP) is 4.30. The van der Waals surface area contributed by atoms with Crippen molar-refractivity contribution < 1.29 is 8.42 Å². The van der Waals surface area contributed by atoms with Crippen LogP contribution in [-0.4, -0.2) is 13.4 Å². The van der Waals surface area contributed by atoms with Crippen LogP contribution in [0.3, 0.4) is 0 Å². The molecule has 2 rings (SSSR count). The first-order valence-corrected chi connectivity index (χ1v) is 9.33. The number of aromatic nitrogens is 1. The Hall–Kier alpha value is -0.470. The highest BCUT2D eigenvalue weighted by Gasteiger charge is 2.19. The number of benzene rings is 1. The van der Waals surface area contributed by atoms with Gasteiger partial charge in [-0.05, 0) is 46.6 Å². The van der Waals surface area contributed by atoms with Crippen molar-refractivity contribution in [2.75, 3.05) is 0 Å². The van der Waals surface area contributed by atoms with E-state index in [2.05, 4.69) is 41.6 Å². The van der Waals surface area contributed by atoms with Crippen molar-refractivity contribution in [1.82, 2.24) is 9.71 Å². The summed E-state index contributed by atoms with van der Waals surface area (Å²) in [6.45, 7) is 1.78. The third-order valence-electron chi connectivity index (χ3n) is 2.78. The molecule has 21 heavy (non-hydrogen) atoms. The van der Waals surface area contributed by atoms with E-state index in [9.17, 15) is 8.42 Å². The van der Waals surface area contributed by atoms with Crippen molar-refractivity contribution in [2.45, 2.75) is 17.9 Å². The summed E-state index contributed by atoms with van der Waals surface area (Å²) < 4.78 is 28.6. The van der Waals surface area contributed by atoms with Gasteiger partial charge in [0.2, 0.25) is 10.0 Å². The van der Waals surface area contributed by atoms with Crippen molar-refractivity contribution in [3.63, 3.8) is 0 Å². The highest BCUT2D eigenvalue weighted by atomic mass is 79.9. The zero-order chi connectivity index (χ0) is 15.6. The summed E-state index contributed by atoms with van der Waals surface area (Å²) >= 11 is 12.3. The largest absolute Gasteiger partial charge is 0.242 e. The zero-order valence-electron chi connectivity index (χ0n) is 10.8. The Labute approximate surface area is 145 Å². The molecule has 0 saturated heterocycles. The molecule has 0 radical (unpaired) electrons. The standard InChI is InChI=1S/C13H11Br2ClN2O2S/c1-8(9-2-4-10(14)5-3-9)18-21(19,20)11-6-12(15)13(16)17-7-11/h2-8,18H,1H3. The molecule has 0 fully saturated rings. The van der Waals surface area contributed by atoms with Crippen molar-refractivity contribution in [2.24, 2.45) is 0 Å². The molecule has 0 aliphatic heterocycles. The van der Waals surface area contributed by atoms with Gasteiger partial charge in [-0.15, -0.1) is 0 Å². The van der Waals surface area contributed by atoms with Crippen LogP contribution in [0, 0.1) is 0 Å². The van der Waals surface area contributed by atoms with Gasteiger partial charge < -0.3 is 0 Å². The van der Waals surface area contributed by atoms with Crippen LogP contribution in [0.25, 0.3) is 0 Å². The molecule has 1 heterocycles. The number of rotatable bonds is 4. The van der Waals surface area contributed by atoms with Gasteiger partial charge >= 0.3 is 0 Å². The average molecular weight is 455 g/mol. The molecular weight excluding hydrogens is 443 g/mol. The molecule has 1 aromatic carbocycles. The molecule has 0 bridgehead atoms. The monoisotopic (exact) mass is 452 g/mol. The SMILES string of the molecule is CC(NS(=O)(=O)c1cnc(Cl)c(Br)c1)c1ccc(Br)cc1. The van der Waals surface area contributed by atoms with Gasteiger partial charge in [-0.2, -0.15) is 0 Å². The minimum atomic E-state index is -3.67. The van der Waals surface area contributed by atoms with E-state index in [4.69, 9.17) is 11.6 Å². The third-order valence-corrected chi connectivity index (χ3v) is 5.95. The van der Waals surface area contributed by atoms with Gasteiger partial charge in [-0.25, -0.2) is 18.1 Å². The third kappa shape index (κ3) is 4.26. The van der Waals surface area contributed by atoms with Crippen molar-refractivity contribution in [3.05, 3.63) is 56.2 Å². The fraction of sp³-hybridized carbons (Fsp3) is 0.154. The van der Waals surface area contributed by atoms with Crippen LogP contribution in [0.15, 0.2) is 50.4 Å². The Balaban J connectivity index is 2.24. The molecule has 1 unspecified atom stereocenters. The zero-order valence-corrected chi connectivity index (χ0v) is 15.6. The lowest BCUT2D eigenvalue weighted by Gasteiger charge is -2.15. The van der Waals surface area contributed by atoms with Gasteiger partial charge in [0, 0.05) is 16.7 Å². The molecule has 2 aromatic rings. The molecule has 8 heteroatoms. The molecule has 0 aliphatic carbocycles.